The van der Waals surface area contributed by atoms with Gasteiger partial charge in [-0.05, 0) is 50.6 Å². The summed E-state index contributed by atoms with van der Waals surface area (Å²) in [7, 11) is 0. The Hall–Kier alpha value is -1.76. The number of benzene rings is 1. The summed E-state index contributed by atoms with van der Waals surface area (Å²) in [5.41, 5.74) is 2.02. The summed E-state index contributed by atoms with van der Waals surface area (Å²) in [4.78, 5) is 2.13. The number of aromatic nitrogens is 2. The van der Waals surface area contributed by atoms with Gasteiger partial charge in [-0.1, -0.05) is 0 Å². The van der Waals surface area contributed by atoms with Gasteiger partial charge < -0.3 is 10.2 Å². The molecule has 0 radical (unpaired) electrons. The highest BCUT2D eigenvalue weighted by Gasteiger charge is 2.27. The smallest absolute Gasteiger partial charge is 0.381 e. The summed E-state index contributed by atoms with van der Waals surface area (Å²) >= 11 is 0. The Balaban J connectivity index is 1.51. The summed E-state index contributed by atoms with van der Waals surface area (Å²) in [5, 5.41) is 11.5. The predicted molar refractivity (Wildman–Crippen MR) is 84.5 cm³/mol. The number of likely N-dealkylation sites (tertiary alicyclic amines) is 1. The van der Waals surface area contributed by atoms with E-state index in [4.69, 9.17) is 0 Å². The molecule has 1 unspecified atom stereocenters. The van der Waals surface area contributed by atoms with Gasteiger partial charge in [0.25, 0.3) is 0 Å². The summed E-state index contributed by atoms with van der Waals surface area (Å²) < 4.78 is 36.7. The lowest BCUT2D eigenvalue weighted by Gasteiger charge is -2.33. The number of alkyl halides is 3. The maximum atomic E-state index is 12.2. The van der Waals surface area contributed by atoms with Gasteiger partial charge >= 0.3 is 6.18 Å². The molecule has 7 heteroatoms. The van der Waals surface area contributed by atoms with Crippen LogP contribution in [0, 0.1) is 0 Å². The second-order valence-corrected chi connectivity index (χ2v) is 6.17. The van der Waals surface area contributed by atoms with Crippen LogP contribution in [-0.4, -0.2) is 46.9 Å². The van der Waals surface area contributed by atoms with Crippen LogP contribution in [-0.2, 0) is 0 Å². The molecule has 1 aromatic carbocycles. The molecule has 0 aliphatic carbocycles. The fraction of sp³-hybridized carbons (Fsp3) is 0.562. The summed E-state index contributed by atoms with van der Waals surface area (Å²) in [6.07, 6.45) is -0.731. The maximum absolute atomic E-state index is 12.2. The molecule has 0 spiro atoms. The number of rotatable bonds is 5. The number of anilines is 1. The monoisotopic (exact) mass is 326 g/mol. The maximum Gasteiger partial charge on any atom is 0.389 e. The van der Waals surface area contributed by atoms with Gasteiger partial charge in [-0.3, -0.25) is 5.10 Å². The number of aromatic amines is 1. The van der Waals surface area contributed by atoms with E-state index in [-0.39, 0.29) is 12.5 Å². The van der Waals surface area contributed by atoms with Crippen molar-refractivity contribution in [3.8, 4) is 0 Å². The normalized spacial score (nSPS) is 20.0. The van der Waals surface area contributed by atoms with Gasteiger partial charge in [-0.15, -0.1) is 0 Å². The molecule has 23 heavy (non-hydrogen) atoms. The third-order valence-corrected chi connectivity index (χ3v) is 4.25. The standard InChI is InChI=1S/C16H21F3N4/c17-16(18,19)6-2-8-23-7-1-3-14(11-23)21-13-4-5-15-12(9-13)10-20-22-15/h4-5,9-10,14,21H,1-3,6-8,11H2,(H,20,22). The molecule has 3 rings (SSSR count). The van der Waals surface area contributed by atoms with Crippen molar-refractivity contribution in [1.82, 2.24) is 15.1 Å². The van der Waals surface area contributed by atoms with E-state index in [1.165, 1.54) is 0 Å². The summed E-state index contributed by atoms with van der Waals surface area (Å²) in [5.74, 6) is 0. The van der Waals surface area contributed by atoms with E-state index in [0.717, 1.165) is 42.5 Å². The van der Waals surface area contributed by atoms with Gasteiger partial charge in [-0.2, -0.15) is 18.3 Å². The zero-order valence-electron chi connectivity index (χ0n) is 12.9. The van der Waals surface area contributed by atoms with Gasteiger partial charge in [0.05, 0.1) is 11.7 Å². The van der Waals surface area contributed by atoms with Crippen molar-refractivity contribution in [1.29, 1.82) is 0 Å². The van der Waals surface area contributed by atoms with Crippen LogP contribution >= 0.6 is 0 Å². The molecule has 126 valence electrons. The Bertz CT molecular complexity index is 638. The lowest BCUT2D eigenvalue weighted by Crippen LogP contribution is -2.42. The molecule has 1 saturated heterocycles. The molecule has 1 atom stereocenters. The minimum absolute atomic E-state index is 0.178. The highest BCUT2D eigenvalue weighted by molar-refractivity contribution is 5.81. The van der Waals surface area contributed by atoms with E-state index in [1.807, 2.05) is 18.2 Å². The fourth-order valence-corrected chi connectivity index (χ4v) is 3.15. The second kappa shape index (κ2) is 6.78. The number of fused-ring (bicyclic) bond motifs is 1. The van der Waals surface area contributed by atoms with Crippen LogP contribution in [0.1, 0.15) is 25.7 Å². The lowest BCUT2D eigenvalue weighted by atomic mass is 10.0. The lowest BCUT2D eigenvalue weighted by molar-refractivity contribution is -0.136. The van der Waals surface area contributed by atoms with Gasteiger partial charge in [-0.25, -0.2) is 0 Å². The first-order valence-corrected chi connectivity index (χ1v) is 7.98. The Kier molecular flexibility index (Phi) is 4.75. The molecular formula is C16H21F3N4. The molecule has 2 aromatic rings. The van der Waals surface area contributed by atoms with Crippen LogP contribution in [0.3, 0.4) is 0 Å². The van der Waals surface area contributed by atoms with Gasteiger partial charge in [0.2, 0.25) is 0 Å². The number of piperidine rings is 1. The largest absolute Gasteiger partial charge is 0.389 e. The van der Waals surface area contributed by atoms with Crippen molar-refractivity contribution in [3.63, 3.8) is 0 Å². The van der Waals surface area contributed by atoms with Crippen LogP contribution in [0.2, 0.25) is 0 Å². The quantitative estimate of drug-likeness (QED) is 0.879. The number of halogens is 3. The second-order valence-electron chi connectivity index (χ2n) is 6.17. The molecule has 4 nitrogen and oxygen atoms in total. The van der Waals surface area contributed by atoms with Crippen LogP contribution in [0.25, 0.3) is 10.9 Å². The Morgan fingerprint density at radius 2 is 2.22 bits per heavy atom. The molecule has 1 aromatic heterocycles. The third kappa shape index (κ3) is 4.60. The minimum atomic E-state index is -4.05. The average molecular weight is 326 g/mol. The molecule has 1 aliphatic rings. The SMILES string of the molecule is FC(F)(F)CCCN1CCCC(Nc2ccc3[nH]ncc3c2)C1. The number of nitrogens with zero attached hydrogens (tertiary/aromatic N) is 2. The van der Waals surface area contributed by atoms with Crippen molar-refractivity contribution in [2.75, 3.05) is 25.0 Å². The zero-order chi connectivity index (χ0) is 16.3. The fourth-order valence-electron chi connectivity index (χ4n) is 3.15. The molecule has 1 fully saturated rings. The molecule has 1 aliphatic heterocycles. The third-order valence-electron chi connectivity index (χ3n) is 4.25. The van der Waals surface area contributed by atoms with Gasteiger partial charge in [0, 0.05) is 30.1 Å². The van der Waals surface area contributed by atoms with Crippen LogP contribution in [0.5, 0.6) is 0 Å². The Morgan fingerprint density at radius 3 is 3.04 bits per heavy atom. The van der Waals surface area contributed by atoms with Crippen molar-refractivity contribution in [2.45, 2.75) is 37.9 Å². The Labute approximate surface area is 133 Å². The van der Waals surface area contributed by atoms with Crippen LogP contribution < -0.4 is 5.32 Å². The van der Waals surface area contributed by atoms with Gasteiger partial charge in [0.15, 0.2) is 0 Å². The van der Waals surface area contributed by atoms with Crippen molar-refractivity contribution >= 4 is 16.6 Å². The highest BCUT2D eigenvalue weighted by atomic mass is 19.4. The molecule has 0 amide bonds. The first-order valence-electron chi connectivity index (χ1n) is 7.98. The molecule has 2 N–H and O–H groups in total. The van der Waals surface area contributed by atoms with E-state index in [2.05, 4.69) is 20.4 Å². The van der Waals surface area contributed by atoms with E-state index in [9.17, 15) is 13.2 Å². The summed E-state index contributed by atoms with van der Waals surface area (Å²) in [6, 6.07) is 6.30. The average Bonchev–Trinajstić information content (AvgIpc) is 2.94. The molecule has 2 heterocycles. The predicted octanol–water partition coefficient (Wildman–Crippen LogP) is 3.78. The minimum Gasteiger partial charge on any atom is -0.381 e. The van der Waals surface area contributed by atoms with Crippen molar-refractivity contribution in [3.05, 3.63) is 24.4 Å². The molecule has 0 bridgehead atoms. The first kappa shape index (κ1) is 16.1. The zero-order valence-corrected chi connectivity index (χ0v) is 12.9. The van der Waals surface area contributed by atoms with Crippen LogP contribution in [0.4, 0.5) is 18.9 Å². The molecular weight excluding hydrogens is 305 g/mol. The highest BCUT2D eigenvalue weighted by Crippen LogP contribution is 2.23. The number of hydrogen-bond donors (Lipinski definition) is 2. The van der Waals surface area contributed by atoms with Gasteiger partial charge in [0.1, 0.15) is 0 Å². The van der Waals surface area contributed by atoms with Crippen molar-refractivity contribution in [2.24, 2.45) is 0 Å². The van der Waals surface area contributed by atoms with Crippen molar-refractivity contribution < 1.29 is 13.2 Å². The van der Waals surface area contributed by atoms with E-state index >= 15 is 0 Å². The van der Waals surface area contributed by atoms with E-state index in [0.29, 0.717) is 6.54 Å². The topological polar surface area (TPSA) is 44.0 Å². The number of H-pyrrole nitrogens is 1. The Morgan fingerprint density at radius 1 is 1.35 bits per heavy atom. The summed E-state index contributed by atoms with van der Waals surface area (Å²) in [6.45, 7) is 2.19. The number of hydrogen-bond acceptors (Lipinski definition) is 3. The van der Waals surface area contributed by atoms with E-state index < -0.39 is 12.6 Å². The number of nitrogens with one attached hydrogen (secondary N) is 2. The first-order chi connectivity index (χ1) is 11.0. The van der Waals surface area contributed by atoms with Crippen LogP contribution in [0.15, 0.2) is 24.4 Å². The molecule has 0 saturated carbocycles. The van der Waals surface area contributed by atoms with E-state index in [1.54, 1.807) is 6.20 Å².